The van der Waals surface area contributed by atoms with E-state index in [1.165, 1.54) is 6.42 Å². The molecule has 2 aromatic heterocycles. The van der Waals surface area contributed by atoms with Gasteiger partial charge in [0.25, 0.3) is 0 Å². The smallest absolute Gasteiger partial charge is 0.229 e. The summed E-state index contributed by atoms with van der Waals surface area (Å²) in [5.74, 6) is 2.60. The summed E-state index contributed by atoms with van der Waals surface area (Å²) in [4.78, 5) is 20.6. The molecule has 0 bridgehead atoms. The van der Waals surface area contributed by atoms with Crippen molar-refractivity contribution in [1.29, 1.82) is 0 Å². The number of nitrogens with zero attached hydrogens (tertiary/aromatic N) is 5. The summed E-state index contributed by atoms with van der Waals surface area (Å²) in [6.45, 7) is 8.47. The lowest BCUT2D eigenvalue weighted by molar-refractivity contribution is 0.354. The van der Waals surface area contributed by atoms with Crippen molar-refractivity contribution in [3.8, 4) is 0 Å². The van der Waals surface area contributed by atoms with Gasteiger partial charge in [0.15, 0.2) is 17.0 Å². The van der Waals surface area contributed by atoms with Gasteiger partial charge in [0.1, 0.15) is 0 Å². The minimum absolute atomic E-state index is 0.600. The second-order valence-electron chi connectivity index (χ2n) is 7.54. The fraction of sp³-hybridized carbons (Fsp3) is 0.400. The van der Waals surface area contributed by atoms with Gasteiger partial charge in [0.2, 0.25) is 5.95 Å². The van der Waals surface area contributed by atoms with E-state index in [0.29, 0.717) is 39.8 Å². The molecule has 1 aliphatic heterocycles. The van der Waals surface area contributed by atoms with Crippen LogP contribution < -0.4 is 10.2 Å². The molecule has 1 saturated heterocycles. The second kappa shape index (κ2) is 7.27. The van der Waals surface area contributed by atoms with Crippen molar-refractivity contribution in [3.05, 3.63) is 41.2 Å². The van der Waals surface area contributed by atoms with E-state index in [0.717, 1.165) is 24.3 Å². The van der Waals surface area contributed by atoms with Gasteiger partial charge in [-0.05, 0) is 48.9 Å². The zero-order chi connectivity index (χ0) is 19.0. The van der Waals surface area contributed by atoms with Gasteiger partial charge in [0.05, 0.1) is 0 Å². The van der Waals surface area contributed by atoms with Crippen molar-refractivity contribution in [1.82, 2.24) is 19.9 Å². The molecule has 1 aromatic carbocycles. The number of piperidine rings is 1. The molecule has 0 radical (unpaired) electrons. The topological polar surface area (TPSA) is 66.8 Å². The highest BCUT2D eigenvalue weighted by Crippen LogP contribution is 2.29. The first-order valence-corrected chi connectivity index (χ1v) is 9.64. The Kier molecular flexibility index (Phi) is 4.83. The van der Waals surface area contributed by atoms with Crippen molar-refractivity contribution in [3.63, 3.8) is 0 Å². The first-order valence-electron chi connectivity index (χ1n) is 9.26. The Labute approximate surface area is 164 Å². The van der Waals surface area contributed by atoms with Crippen LogP contribution in [-0.2, 0) is 0 Å². The molecule has 1 fully saturated rings. The zero-order valence-corrected chi connectivity index (χ0v) is 16.5. The van der Waals surface area contributed by atoms with Gasteiger partial charge in [-0.1, -0.05) is 25.4 Å². The summed E-state index contributed by atoms with van der Waals surface area (Å²) >= 11 is 6.09. The average molecular weight is 383 g/mol. The van der Waals surface area contributed by atoms with E-state index < -0.39 is 0 Å². The van der Waals surface area contributed by atoms with Crippen LogP contribution in [0.1, 0.15) is 25.8 Å². The Morgan fingerprint density at radius 2 is 1.81 bits per heavy atom. The van der Waals surface area contributed by atoms with Gasteiger partial charge < -0.3 is 10.2 Å². The van der Waals surface area contributed by atoms with Crippen LogP contribution in [0, 0.1) is 18.8 Å². The average Bonchev–Trinajstić information content (AvgIpc) is 2.63. The SMILES string of the molecule is Cc1cc(Cl)ccc1Nc1nc(N2CC(C)CC(C)C2)nc2nccnc12. The molecule has 1 N–H and O–H groups in total. The molecule has 27 heavy (non-hydrogen) atoms. The van der Waals surface area contributed by atoms with Crippen LogP contribution in [-0.4, -0.2) is 33.0 Å². The highest BCUT2D eigenvalue weighted by molar-refractivity contribution is 6.30. The van der Waals surface area contributed by atoms with Gasteiger partial charge in [-0.25, -0.2) is 9.97 Å². The van der Waals surface area contributed by atoms with Crippen LogP contribution in [0.15, 0.2) is 30.6 Å². The second-order valence-corrected chi connectivity index (χ2v) is 7.97. The Morgan fingerprint density at radius 1 is 1.07 bits per heavy atom. The molecule has 3 heterocycles. The number of fused-ring (bicyclic) bond motifs is 1. The maximum absolute atomic E-state index is 6.09. The molecule has 0 spiro atoms. The number of benzene rings is 1. The number of aromatic nitrogens is 4. The normalized spacial score (nSPS) is 20.1. The molecule has 6 nitrogen and oxygen atoms in total. The first kappa shape index (κ1) is 17.9. The van der Waals surface area contributed by atoms with Crippen LogP contribution in [0.25, 0.3) is 11.2 Å². The summed E-state index contributed by atoms with van der Waals surface area (Å²) < 4.78 is 0. The molecule has 0 amide bonds. The summed E-state index contributed by atoms with van der Waals surface area (Å²) in [5, 5.41) is 4.12. The molecule has 2 atom stereocenters. The van der Waals surface area contributed by atoms with Gasteiger partial charge in [0, 0.05) is 36.2 Å². The van der Waals surface area contributed by atoms with Gasteiger partial charge >= 0.3 is 0 Å². The van der Waals surface area contributed by atoms with Crippen molar-refractivity contribution in [2.75, 3.05) is 23.3 Å². The Balaban J connectivity index is 1.76. The molecule has 140 valence electrons. The van der Waals surface area contributed by atoms with Gasteiger partial charge in [-0.2, -0.15) is 9.97 Å². The van der Waals surface area contributed by atoms with Gasteiger partial charge in [-0.3, -0.25) is 0 Å². The van der Waals surface area contributed by atoms with Crippen molar-refractivity contribution in [2.24, 2.45) is 11.8 Å². The molecule has 2 unspecified atom stereocenters. The Morgan fingerprint density at radius 3 is 2.56 bits per heavy atom. The number of aryl methyl sites for hydroxylation is 1. The number of hydrogen-bond donors (Lipinski definition) is 1. The van der Waals surface area contributed by atoms with Gasteiger partial charge in [-0.15, -0.1) is 0 Å². The van der Waals surface area contributed by atoms with Crippen molar-refractivity contribution < 1.29 is 0 Å². The highest BCUT2D eigenvalue weighted by Gasteiger charge is 2.25. The lowest BCUT2D eigenvalue weighted by Crippen LogP contribution is -2.39. The lowest BCUT2D eigenvalue weighted by atomic mass is 9.92. The van der Waals surface area contributed by atoms with E-state index in [9.17, 15) is 0 Å². The predicted molar refractivity (Wildman–Crippen MR) is 110 cm³/mol. The number of halogens is 1. The standard InChI is InChI=1S/C20H23ClN6/c1-12-8-13(2)11-27(10-12)20-25-18-17(22-6-7-23-18)19(26-20)24-16-5-4-15(21)9-14(16)3/h4-7,9,12-13H,8,10-11H2,1-3H3,(H,23,24,25,26). The first-order chi connectivity index (χ1) is 13.0. The number of nitrogens with one attached hydrogen (secondary N) is 1. The number of anilines is 3. The van der Waals surface area contributed by atoms with E-state index in [4.69, 9.17) is 16.6 Å². The maximum atomic E-state index is 6.09. The number of hydrogen-bond acceptors (Lipinski definition) is 6. The summed E-state index contributed by atoms with van der Waals surface area (Å²) in [6, 6.07) is 5.74. The van der Waals surface area contributed by atoms with Crippen LogP contribution in [0.2, 0.25) is 5.02 Å². The monoisotopic (exact) mass is 382 g/mol. The number of rotatable bonds is 3. The molecule has 1 aliphatic rings. The predicted octanol–water partition coefficient (Wildman–Crippen LogP) is 4.61. The van der Waals surface area contributed by atoms with Crippen LogP contribution in [0.5, 0.6) is 0 Å². The molecule has 3 aromatic rings. The summed E-state index contributed by atoms with van der Waals surface area (Å²) in [7, 11) is 0. The minimum atomic E-state index is 0.600. The van der Waals surface area contributed by atoms with E-state index in [1.54, 1.807) is 12.4 Å². The minimum Gasteiger partial charge on any atom is -0.340 e. The quantitative estimate of drug-likeness (QED) is 0.713. The largest absolute Gasteiger partial charge is 0.340 e. The fourth-order valence-electron chi connectivity index (χ4n) is 3.80. The zero-order valence-electron chi connectivity index (χ0n) is 15.8. The Bertz CT molecular complexity index is 966. The molecular weight excluding hydrogens is 360 g/mol. The van der Waals surface area contributed by atoms with E-state index in [-0.39, 0.29) is 0 Å². The van der Waals surface area contributed by atoms with Crippen molar-refractivity contribution >= 4 is 40.2 Å². The molecule has 7 heteroatoms. The Hall–Kier alpha value is -2.47. The van der Waals surface area contributed by atoms with Crippen LogP contribution in [0.4, 0.5) is 17.5 Å². The highest BCUT2D eigenvalue weighted by atomic mass is 35.5. The van der Waals surface area contributed by atoms with E-state index in [1.807, 2.05) is 25.1 Å². The third-order valence-corrected chi connectivity index (χ3v) is 5.15. The third kappa shape index (κ3) is 3.81. The molecule has 0 aliphatic carbocycles. The van der Waals surface area contributed by atoms with Crippen LogP contribution in [0.3, 0.4) is 0 Å². The van der Waals surface area contributed by atoms with Crippen molar-refractivity contribution in [2.45, 2.75) is 27.2 Å². The summed E-state index contributed by atoms with van der Waals surface area (Å²) in [5.41, 5.74) is 3.24. The van der Waals surface area contributed by atoms with E-state index in [2.05, 4.69) is 39.0 Å². The van der Waals surface area contributed by atoms with Crippen LogP contribution >= 0.6 is 11.6 Å². The third-order valence-electron chi connectivity index (χ3n) is 4.91. The maximum Gasteiger partial charge on any atom is 0.229 e. The fourth-order valence-corrected chi connectivity index (χ4v) is 4.03. The molecule has 4 rings (SSSR count). The molecule has 0 saturated carbocycles. The molecular formula is C20H23ClN6. The lowest BCUT2D eigenvalue weighted by Gasteiger charge is -2.35. The summed E-state index contributed by atoms with van der Waals surface area (Å²) in [6.07, 6.45) is 4.56. The van der Waals surface area contributed by atoms with E-state index >= 15 is 0 Å².